The van der Waals surface area contributed by atoms with Crippen LogP contribution in [0.2, 0.25) is 0 Å². The Balaban J connectivity index is 2.39. The molecular formula is C14H21N3O2. The lowest BCUT2D eigenvalue weighted by Gasteiger charge is -2.21. The van der Waals surface area contributed by atoms with Crippen LogP contribution in [-0.4, -0.2) is 43.9 Å². The summed E-state index contributed by atoms with van der Waals surface area (Å²) in [4.78, 5) is 24.8. The zero-order valence-corrected chi connectivity index (χ0v) is 11.6. The molecule has 0 aliphatic carbocycles. The van der Waals surface area contributed by atoms with Crippen molar-refractivity contribution < 1.29 is 9.59 Å². The van der Waals surface area contributed by atoms with Crippen LogP contribution in [0.3, 0.4) is 0 Å². The average molecular weight is 263 g/mol. The molecule has 0 radical (unpaired) electrons. The number of para-hydroxylation sites is 1. The smallest absolute Gasteiger partial charge is 0.241 e. The van der Waals surface area contributed by atoms with Crippen LogP contribution in [0.4, 0.5) is 5.69 Å². The minimum Gasteiger partial charge on any atom is -0.376 e. The van der Waals surface area contributed by atoms with Crippen molar-refractivity contribution in [2.75, 3.05) is 32.5 Å². The summed E-state index contributed by atoms with van der Waals surface area (Å²) in [5.74, 6) is -0.314. The van der Waals surface area contributed by atoms with Gasteiger partial charge >= 0.3 is 0 Å². The number of nitrogens with one attached hydrogen (secondary N) is 2. The van der Waals surface area contributed by atoms with Crippen LogP contribution >= 0.6 is 0 Å². The molecule has 104 valence electrons. The first-order valence-corrected chi connectivity index (χ1v) is 6.29. The minimum atomic E-state index is -0.212. The first-order valence-electron chi connectivity index (χ1n) is 6.29. The normalized spacial score (nSPS) is 11.5. The van der Waals surface area contributed by atoms with E-state index in [0.29, 0.717) is 6.54 Å². The van der Waals surface area contributed by atoms with Crippen LogP contribution < -0.4 is 10.6 Å². The number of rotatable bonds is 6. The molecule has 0 spiro atoms. The number of hydrogen-bond donors (Lipinski definition) is 2. The first kappa shape index (κ1) is 15.0. The minimum absolute atomic E-state index is 0.0420. The van der Waals surface area contributed by atoms with E-state index in [0.717, 1.165) is 5.69 Å². The third-order valence-corrected chi connectivity index (χ3v) is 2.88. The lowest BCUT2D eigenvalue weighted by atomic mass is 10.1. The summed E-state index contributed by atoms with van der Waals surface area (Å²) in [6.45, 7) is 2.43. The van der Waals surface area contributed by atoms with Gasteiger partial charge in [-0.3, -0.25) is 9.59 Å². The second-order valence-corrected chi connectivity index (χ2v) is 4.51. The van der Waals surface area contributed by atoms with Crippen LogP contribution in [0.1, 0.15) is 6.92 Å². The second-order valence-electron chi connectivity index (χ2n) is 4.51. The Morgan fingerprint density at radius 3 is 2.47 bits per heavy atom. The summed E-state index contributed by atoms with van der Waals surface area (Å²) >= 11 is 0. The summed E-state index contributed by atoms with van der Waals surface area (Å²) in [6, 6.07) is 9.54. The fourth-order valence-corrected chi connectivity index (χ4v) is 1.71. The third kappa shape index (κ3) is 4.99. The highest BCUT2D eigenvalue weighted by atomic mass is 16.2. The van der Waals surface area contributed by atoms with Crippen molar-refractivity contribution >= 4 is 17.5 Å². The van der Waals surface area contributed by atoms with Gasteiger partial charge in [0.2, 0.25) is 11.8 Å². The Morgan fingerprint density at radius 1 is 1.26 bits per heavy atom. The molecule has 0 bridgehead atoms. The summed E-state index contributed by atoms with van der Waals surface area (Å²) in [5, 5.41) is 5.62. The van der Waals surface area contributed by atoms with Crippen molar-refractivity contribution in [3.05, 3.63) is 30.3 Å². The van der Waals surface area contributed by atoms with Crippen molar-refractivity contribution in [3.63, 3.8) is 0 Å². The number of benzene rings is 1. The van der Waals surface area contributed by atoms with Crippen LogP contribution in [0.15, 0.2) is 30.3 Å². The van der Waals surface area contributed by atoms with Crippen molar-refractivity contribution in [2.24, 2.45) is 5.92 Å². The van der Waals surface area contributed by atoms with Gasteiger partial charge in [-0.15, -0.1) is 0 Å². The van der Waals surface area contributed by atoms with E-state index in [2.05, 4.69) is 10.6 Å². The summed E-state index contributed by atoms with van der Waals surface area (Å²) < 4.78 is 0. The zero-order valence-electron chi connectivity index (χ0n) is 11.6. The largest absolute Gasteiger partial charge is 0.376 e. The third-order valence-electron chi connectivity index (χ3n) is 2.88. The molecule has 0 aliphatic rings. The molecule has 2 amide bonds. The molecule has 19 heavy (non-hydrogen) atoms. The number of amides is 2. The van der Waals surface area contributed by atoms with Gasteiger partial charge < -0.3 is 15.5 Å². The second kappa shape index (κ2) is 7.41. The molecule has 1 aromatic carbocycles. The Labute approximate surface area is 114 Å². The van der Waals surface area contributed by atoms with E-state index in [1.807, 2.05) is 30.3 Å². The molecule has 1 aromatic rings. The fourth-order valence-electron chi connectivity index (χ4n) is 1.71. The van der Waals surface area contributed by atoms with Crippen molar-refractivity contribution in [2.45, 2.75) is 6.92 Å². The highest BCUT2D eigenvalue weighted by Gasteiger charge is 2.16. The lowest BCUT2D eigenvalue weighted by molar-refractivity contribution is -0.130. The molecule has 1 atom stereocenters. The van der Waals surface area contributed by atoms with E-state index in [9.17, 15) is 9.59 Å². The van der Waals surface area contributed by atoms with Gasteiger partial charge in [0.1, 0.15) is 0 Å². The van der Waals surface area contributed by atoms with E-state index in [-0.39, 0.29) is 24.3 Å². The van der Waals surface area contributed by atoms with Crippen LogP contribution in [-0.2, 0) is 9.59 Å². The Bertz CT molecular complexity index is 420. The van der Waals surface area contributed by atoms with E-state index in [1.54, 1.807) is 25.9 Å². The first-order chi connectivity index (χ1) is 9.04. The Kier molecular flexibility index (Phi) is 5.85. The van der Waals surface area contributed by atoms with Crippen LogP contribution in [0.25, 0.3) is 0 Å². The molecule has 2 N–H and O–H groups in total. The van der Waals surface area contributed by atoms with Crippen LogP contribution in [0, 0.1) is 5.92 Å². The van der Waals surface area contributed by atoms with Crippen LogP contribution in [0.5, 0.6) is 0 Å². The summed E-state index contributed by atoms with van der Waals surface area (Å²) in [7, 11) is 3.30. The van der Waals surface area contributed by atoms with Gasteiger partial charge in [0, 0.05) is 26.3 Å². The molecule has 5 nitrogen and oxygen atoms in total. The van der Waals surface area contributed by atoms with Gasteiger partial charge in [0.15, 0.2) is 0 Å². The SMILES string of the molecule is CNC(=O)C(C)CN(C)C(=O)CNc1ccccc1. The number of hydrogen-bond acceptors (Lipinski definition) is 3. The topological polar surface area (TPSA) is 61.4 Å². The van der Waals surface area contributed by atoms with E-state index in [1.165, 1.54) is 0 Å². The van der Waals surface area contributed by atoms with Crippen molar-refractivity contribution in [1.82, 2.24) is 10.2 Å². The number of anilines is 1. The molecular weight excluding hydrogens is 242 g/mol. The van der Waals surface area contributed by atoms with E-state index in [4.69, 9.17) is 0 Å². The van der Waals surface area contributed by atoms with Gasteiger partial charge in [0.05, 0.1) is 12.5 Å². The lowest BCUT2D eigenvalue weighted by Crippen LogP contribution is -2.39. The molecule has 0 fully saturated rings. The number of carbonyl (C=O) groups excluding carboxylic acids is 2. The monoisotopic (exact) mass is 263 g/mol. The number of carbonyl (C=O) groups is 2. The molecule has 0 aromatic heterocycles. The van der Waals surface area contributed by atoms with Gasteiger partial charge in [-0.05, 0) is 12.1 Å². The average Bonchev–Trinajstić information content (AvgIpc) is 2.44. The molecule has 0 saturated heterocycles. The summed E-state index contributed by atoms with van der Waals surface area (Å²) in [5.41, 5.74) is 0.906. The Hall–Kier alpha value is -2.04. The van der Waals surface area contributed by atoms with Gasteiger partial charge in [-0.1, -0.05) is 25.1 Å². The maximum absolute atomic E-state index is 11.9. The van der Waals surface area contributed by atoms with E-state index >= 15 is 0 Å². The highest BCUT2D eigenvalue weighted by molar-refractivity contribution is 5.82. The molecule has 5 heteroatoms. The standard InChI is InChI=1S/C14H21N3O2/c1-11(14(19)15-2)10-17(3)13(18)9-16-12-7-5-4-6-8-12/h4-8,11,16H,9-10H2,1-3H3,(H,15,19). The maximum atomic E-state index is 11.9. The van der Waals surface area contributed by atoms with E-state index < -0.39 is 0 Å². The number of nitrogens with zero attached hydrogens (tertiary/aromatic N) is 1. The van der Waals surface area contributed by atoms with Gasteiger partial charge in [-0.2, -0.15) is 0 Å². The van der Waals surface area contributed by atoms with Gasteiger partial charge in [0.25, 0.3) is 0 Å². The van der Waals surface area contributed by atoms with Gasteiger partial charge in [-0.25, -0.2) is 0 Å². The predicted octanol–water partition coefficient (Wildman–Crippen LogP) is 0.939. The van der Waals surface area contributed by atoms with Crippen molar-refractivity contribution in [1.29, 1.82) is 0 Å². The predicted molar refractivity (Wildman–Crippen MR) is 75.8 cm³/mol. The maximum Gasteiger partial charge on any atom is 0.241 e. The molecule has 1 rings (SSSR count). The zero-order chi connectivity index (χ0) is 14.3. The quantitative estimate of drug-likeness (QED) is 0.803. The summed E-state index contributed by atoms with van der Waals surface area (Å²) in [6.07, 6.45) is 0. The highest BCUT2D eigenvalue weighted by Crippen LogP contribution is 2.05. The molecule has 0 heterocycles. The fraction of sp³-hybridized carbons (Fsp3) is 0.429. The molecule has 0 aliphatic heterocycles. The van der Waals surface area contributed by atoms with Crippen molar-refractivity contribution in [3.8, 4) is 0 Å². The number of likely N-dealkylation sites (N-methyl/N-ethyl adjacent to an activating group) is 1. The molecule has 0 saturated carbocycles. The Morgan fingerprint density at radius 2 is 1.89 bits per heavy atom. The molecule has 1 unspecified atom stereocenters.